The summed E-state index contributed by atoms with van der Waals surface area (Å²) < 4.78 is 0.992. The van der Waals surface area contributed by atoms with E-state index in [1.807, 2.05) is 25.1 Å². The van der Waals surface area contributed by atoms with Gasteiger partial charge >= 0.3 is 0 Å². The Morgan fingerprint density at radius 1 is 1.38 bits per heavy atom. The molecule has 0 aromatic heterocycles. The Labute approximate surface area is 105 Å². The predicted molar refractivity (Wildman–Crippen MR) is 68.6 cm³/mol. The van der Waals surface area contributed by atoms with Gasteiger partial charge in [-0.15, -0.1) is 0 Å². The zero-order valence-corrected chi connectivity index (χ0v) is 11.0. The van der Waals surface area contributed by atoms with Crippen LogP contribution < -0.4 is 5.32 Å². The SMILES string of the molecule is Cc1c(Br)cccc1C(=O)NC1CCCC1. The molecule has 1 saturated carbocycles. The summed E-state index contributed by atoms with van der Waals surface area (Å²) in [5, 5.41) is 3.10. The number of rotatable bonds is 2. The molecule has 2 rings (SSSR count). The van der Waals surface area contributed by atoms with Gasteiger partial charge in [0.15, 0.2) is 0 Å². The number of carbonyl (C=O) groups excluding carboxylic acids is 1. The molecule has 1 amide bonds. The van der Waals surface area contributed by atoms with E-state index in [1.165, 1.54) is 12.8 Å². The molecule has 0 heterocycles. The molecule has 1 aromatic carbocycles. The lowest BCUT2D eigenvalue weighted by atomic mass is 10.1. The quantitative estimate of drug-likeness (QED) is 0.884. The van der Waals surface area contributed by atoms with Gasteiger partial charge in [-0.25, -0.2) is 0 Å². The van der Waals surface area contributed by atoms with Gasteiger partial charge in [-0.1, -0.05) is 34.8 Å². The van der Waals surface area contributed by atoms with E-state index in [0.717, 1.165) is 28.4 Å². The first-order chi connectivity index (χ1) is 7.68. The lowest BCUT2D eigenvalue weighted by Crippen LogP contribution is -2.33. The molecule has 0 spiro atoms. The van der Waals surface area contributed by atoms with Crippen LogP contribution in [0.3, 0.4) is 0 Å². The van der Waals surface area contributed by atoms with Crippen molar-refractivity contribution in [2.24, 2.45) is 0 Å². The average molecular weight is 282 g/mol. The normalized spacial score (nSPS) is 16.4. The maximum absolute atomic E-state index is 12.0. The van der Waals surface area contributed by atoms with Crippen LogP contribution in [-0.4, -0.2) is 11.9 Å². The van der Waals surface area contributed by atoms with Gasteiger partial charge in [-0.3, -0.25) is 4.79 Å². The molecule has 2 nitrogen and oxygen atoms in total. The van der Waals surface area contributed by atoms with Crippen molar-refractivity contribution in [2.45, 2.75) is 38.6 Å². The van der Waals surface area contributed by atoms with Crippen molar-refractivity contribution in [3.8, 4) is 0 Å². The summed E-state index contributed by atoms with van der Waals surface area (Å²) in [7, 11) is 0. The third-order valence-electron chi connectivity index (χ3n) is 3.20. The summed E-state index contributed by atoms with van der Waals surface area (Å²) >= 11 is 3.45. The van der Waals surface area contributed by atoms with Gasteiger partial charge in [-0.2, -0.15) is 0 Å². The van der Waals surface area contributed by atoms with Gasteiger partial charge in [0.25, 0.3) is 5.91 Å². The van der Waals surface area contributed by atoms with E-state index in [9.17, 15) is 4.79 Å². The van der Waals surface area contributed by atoms with E-state index in [-0.39, 0.29) is 5.91 Å². The third-order valence-corrected chi connectivity index (χ3v) is 4.06. The number of benzene rings is 1. The Kier molecular flexibility index (Phi) is 3.64. The van der Waals surface area contributed by atoms with Crippen molar-refractivity contribution in [3.63, 3.8) is 0 Å². The fourth-order valence-corrected chi connectivity index (χ4v) is 2.55. The molecule has 0 radical (unpaired) electrons. The lowest BCUT2D eigenvalue weighted by Gasteiger charge is -2.13. The fourth-order valence-electron chi connectivity index (χ4n) is 2.19. The van der Waals surface area contributed by atoms with Gasteiger partial charge in [0, 0.05) is 16.1 Å². The molecule has 1 N–H and O–H groups in total. The summed E-state index contributed by atoms with van der Waals surface area (Å²) in [4.78, 5) is 12.0. The molecule has 86 valence electrons. The molecule has 1 fully saturated rings. The van der Waals surface area contributed by atoms with E-state index in [2.05, 4.69) is 21.2 Å². The van der Waals surface area contributed by atoms with Crippen molar-refractivity contribution in [2.75, 3.05) is 0 Å². The summed E-state index contributed by atoms with van der Waals surface area (Å²) in [6.07, 6.45) is 4.72. The van der Waals surface area contributed by atoms with E-state index in [4.69, 9.17) is 0 Å². The second-order valence-corrected chi connectivity index (χ2v) is 5.22. The van der Waals surface area contributed by atoms with Gasteiger partial charge in [0.2, 0.25) is 0 Å². The third kappa shape index (κ3) is 2.46. The molecule has 1 aromatic rings. The average Bonchev–Trinajstić information content (AvgIpc) is 2.74. The molecule has 1 aliphatic carbocycles. The second kappa shape index (κ2) is 5.00. The van der Waals surface area contributed by atoms with E-state index < -0.39 is 0 Å². The fraction of sp³-hybridized carbons (Fsp3) is 0.462. The largest absolute Gasteiger partial charge is 0.349 e. The van der Waals surface area contributed by atoms with Crippen molar-refractivity contribution in [3.05, 3.63) is 33.8 Å². The Morgan fingerprint density at radius 2 is 2.06 bits per heavy atom. The van der Waals surface area contributed by atoms with Crippen LogP contribution in [0.25, 0.3) is 0 Å². The van der Waals surface area contributed by atoms with Crippen molar-refractivity contribution in [1.29, 1.82) is 0 Å². The highest BCUT2D eigenvalue weighted by molar-refractivity contribution is 9.10. The maximum atomic E-state index is 12.0. The van der Waals surface area contributed by atoms with Crippen molar-refractivity contribution in [1.82, 2.24) is 5.32 Å². The van der Waals surface area contributed by atoms with Crippen LogP contribution in [0.2, 0.25) is 0 Å². The molecule has 0 unspecified atom stereocenters. The zero-order chi connectivity index (χ0) is 11.5. The monoisotopic (exact) mass is 281 g/mol. The molecule has 0 bridgehead atoms. The Morgan fingerprint density at radius 3 is 2.75 bits per heavy atom. The minimum absolute atomic E-state index is 0.0608. The van der Waals surface area contributed by atoms with Crippen molar-refractivity contribution < 1.29 is 4.79 Å². The van der Waals surface area contributed by atoms with Gasteiger partial charge in [-0.05, 0) is 37.5 Å². The summed E-state index contributed by atoms with van der Waals surface area (Å²) in [5.41, 5.74) is 1.79. The number of nitrogens with one attached hydrogen (secondary N) is 1. The lowest BCUT2D eigenvalue weighted by molar-refractivity contribution is 0.0937. The highest BCUT2D eigenvalue weighted by atomic mass is 79.9. The smallest absolute Gasteiger partial charge is 0.251 e. The molecule has 0 aliphatic heterocycles. The number of hydrogen-bond donors (Lipinski definition) is 1. The van der Waals surface area contributed by atoms with Crippen LogP contribution in [0, 0.1) is 6.92 Å². The molecular formula is C13H16BrNO. The molecular weight excluding hydrogens is 266 g/mol. The molecule has 1 aliphatic rings. The van der Waals surface area contributed by atoms with E-state index in [0.29, 0.717) is 6.04 Å². The Balaban J connectivity index is 2.11. The standard InChI is InChI=1S/C13H16BrNO/c1-9-11(7-4-8-12(9)14)13(16)15-10-5-2-3-6-10/h4,7-8,10H,2-3,5-6H2,1H3,(H,15,16). The summed E-state index contributed by atoms with van der Waals surface area (Å²) in [5.74, 6) is 0.0608. The number of amides is 1. The minimum Gasteiger partial charge on any atom is -0.349 e. The molecule has 0 atom stereocenters. The Hall–Kier alpha value is -0.830. The van der Waals surface area contributed by atoms with Gasteiger partial charge in [0.1, 0.15) is 0 Å². The number of carbonyl (C=O) groups is 1. The predicted octanol–water partition coefficient (Wildman–Crippen LogP) is 3.43. The molecule has 16 heavy (non-hydrogen) atoms. The van der Waals surface area contributed by atoms with Crippen LogP contribution in [0.4, 0.5) is 0 Å². The van der Waals surface area contributed by atoms with Crippen LogP contribution >= 0.6 is 15.9 Å². The molecule has 3 heteroatoms. The highest BCUT2D eigenvalue weighted by Crippen LogP contribution is 2.21. The van der Waals surface area contributed by atoms with Crippen LogP contribution in [0.1, 0.15) is 41.6 Å². The van der Waals surface area contributed by atoms with Gasteiger partial charge < -0.3 is 5.32 Å². The van der Waals surface area contributed by atoms with Gasteiger partial charge in [0.05, 0.1) is 0 Å². The van der Waals surface area contributed by atoms with E-state index >= 15 is 0 Å². The topological polar surface area (TPSA) is 29.1 Å². The van der Waals surface area contributed by atoms with Crippen molar-refractivity contribution >= 4 is 21.8 Å². The summed E-state index contributed by atoms with van der Waals surface area (Å²) in [6, 6.07) is 6.12. The highest BCUT2D eigenvalue weighted by Gasteiger charge is 2.19. The molecule has 0 saturated heterocycles. The zero-order valence-electron chi connectivity index (χ0n) is 9.42. The second-order valence-electron chi connectivity index (χ2n) is 4.37. The minimum atomic E-state index is 0.0608. The van der Waals surface area contributed by atoms with Crippen LogP contribution in [-0.2, 0) is 0 Å². The maximum Gasteiger partial charge on any atom is 0.251 e. The van der Waals surface area contributed by atoms with E-state index in [1.54, 1.807) is 0 Å². The number of halogens is 1. The van der Waals surface area contributed by atoms with Crippen LogP contribution in [0.5, 0.6) is 0 Å². The first kappa shape index (κ1) is 11.6. The first-order valence-electron chi connectivity index (χ1n) is 5.74. The number of hydrogen-bond acceptors (Lipinski definition) is 1. The Bertz CT molecular complexity index is 397. The summed E-state index contributed by atoms with van der Waals surface area (Å²) in [6.45, 7) is 1.97. The first-order valence-corrected chi connectivity index (χ1v) is 6.54. The van der Waals surface area contributed by atoms with Crippen LogP contribution in [0.15, 0.2) is 22.7 Å².